The van der Waals surface area contributed by atoms with E-state index in [-0.39, 0.29) is 0 Å². The van der Waals surface area contributed by atoms with Crippen LogP contribution in [0.15, 0.2) is 23.1 Å². The molecule has 0 radical (unpaired) electrons. The Morgan fingerprint density at radius 1 is 1.57 bits per heavy atom. The predicted octanol–water partition coefficient (Wildman–Crippen LogP) is 3.24. The molecule has 14 heavy (non-hydrogen) atoms. The number of hydrogen-bond acceptors (Lipinski definition) is 2. The van der Waals surface area contributed by atoms with Crippen LogP contribution in [0, 0.1) is 0 Å². The van der Waals surface area contributed by atoms with Crippen molar-refractivity contribution in [1.29, 1.82) is 0 Å². The van der Waals surface area contributed by atoms with Gasteiger partial charge in [-0.3, -0.25) is 0 Å². The first-order valence-corrected chi connectivity index (χ1v) is 5.75. The van der Waals surface area contributed by atoms with Gasteiger partial charge in [0.25, 0.3) is 0 Å². The molecule has 0 bridgehead atoms. The molecule has 0 spiro atoms. The van der Waals surface area contributed by atoms with Gasteiger partial charge in [0.1, 0.15) is 0 Å². The van der Waals surface area contributed by atoms with Crippen LogP contribution in [-0.4, -0.2) is 18.0 Å². The molecule has 0 aliphatic rings. The molecule has 1 aromatic carbocycles. The molecule has 0 heterocycles. The maximum Gasteiger partial charge on any atom is 0.156 e. The number of rotatable bonds is 3. The first kappa shape index (κ1) is 11.8. The third-order valence-corrected chi connectivity index (χ3v) is 3.27. The second kappa shape index (κ2) is 4.51. The third kappa shape index (κ3) is 2.41. The molecular weight excluding hydrogens is 223 g/mol. The van der Waals surface area contributed by atoms with Crippen LogP contribution in [0.5, 0.6) is 0 Å². The van der Waals surface area contributed by atoms with Gasteiger partial charge in [0.2, 0.25) is 0 Å². The molecule has 0 saturated carbocycles. The fraction of sp³-hybridized carbons (Fsp3) is 0.400. The summed E-state index contributed by atoms with van der Waals surface area (Å²) in [6, 6.07) is 4.97. The van der Waals surface area contributed by atoms with Crippen LogP contribution < -0.4 is 0 Å². The number of benzene rings is 1. The van der Waals surface area contributed by atoms with Gasteiger partial charge in [-0.15, -0.1) is 11.8 Å². The number of thioether (sulfide) groups is 1. The Hall–Kier alpha value is -0.250. The van der Waals surface area contributed by atoms with E-state index >= 15 is 0 Å². The largest absolute Gasteiger partial charge is 0.393 e. The van der Waals surface area contributed by atoms with E-state index in [1.165, 1.54) is 18.7 Å². The summed E-state index contributed by atoms with van der Waals surface area (Å²) in [5, 5.41) is 9.36. The zero-order valence-corrected chi connectivity index (χ0v) is 9.62. The average molecular weight is 235 g/mol. The molecule has 0 amide bonds. The summed E-state index contributed by atoms with van der Waals surface area (Å²) in [6.45, 7) is 0.791. The van der Waals surface area contributed by atoms with Gasteiger partial charge in [-0.25, -0.2) is 4.39 Å². The van der Waals surface area contributed by atoms with Crippen molar-refractivity contribution in [2.75, 3.05) is 12.9 Å². The monoisotopic (exact) mass is 234 g/mol. The first-order valence-electron chi connectivity index (χ1n) is 4.15. The lowest BCUT2D eigenvalue weighted by atomic mass is 9.99. The van der Waals surface area contributed by atoms with E-state index in [1.807, 2.05) is 6.26 Å². The van der Waals surface area contributed by atoms with Crippen molar-refractivity contribution >= 4 is 23.4 Å². The molecule has 1 aromatic rings. The number of hydrogen-bond donors (Lipinski definition) is 1. The minimum Gasteiger partial charge on any atom is -0.393 e. The Morgan fingerprint density at radius 2 is 2.21 bits per heavy atom. The molecule has 0 aliphatic carbocycles. The van der Waals surface area contributed by atoms with Gasteiger partial charge in [0.15, 0.2) is 5.67 Å². The number of aliphatic hydroxyl groups is 1. The van der Waals surface area contributed by atoms with Crippen molar-refractivity contribution in [2.24, 2.45) is 0 Å². The molecule has 1 N–H and O–H groups in total. The van der Waals surface area contributed by atoms with E-state index in [2.05, 4.69) is 0 Å². The van der Waals surface area contributed by atoms with Crippen molar-refractivity contribution in [3.8, 4) is 0 Å². The summed E-state index contributed by atoms with van der Waals surface area (Å²) in [5.41, 5.74) is -1.32. The van der Waals surface area contributed by atoms with E-state index in [9.17, 15) is 4.39 Å². The van der Waals surface area contributed by atoms with Crippen LogP contribution in [0.4, 0.5) is 4.39 Å². The first-order chi connectivity index (χ1) is 6.51. The van der Waals surface area contributed by atoms with Crippen molar-refractivity contribution in [2.45, 2.75) is 17.5 Å². The van der Waals surface area contributed by atoms with Gasteiger partial charge < -0.3 is 5.11 Å². The second-order valence-corrected chi connectivity index (χ2v) is 4.46. The summed E-state index contributed by atoms with van der Waals surface area (Å²) in [5.74, 6) is 0. The van der Waals surface area contributed by atoms with Crippen LogP contribution in [0.3, 0.4) is 0 Å². The Kier molecular flexibility index (Phi) is 3.81. The molecule has 1 unspecified atom stereocenters. The highest BCUT2D eigenvalue weighted by Crippen LogP contribution is 2.32. The lowest BCUT2D eigenvalue weighted by Gasteiger charge is -2.18. The van der Waals surface area contributed by atoms with Gasteiger partial charge in [-0.2, -0.15) is 0 Å². The normalized spacial score (nSPS) is 15.2. The zero-order valence-electron chi connectivity index (χ0n) is 8.05. The number of alkyl halides is 1. The van der Waals surface area contributed by atoms with Crippen molar-refractivity contribution < 1.29 is 9.50 Å². The summed E-state index contributed by atoms with van der Waals surface area (Å²) < 4.78 is 13.7. The minimum absolute atomic E-state index is 0.405. The van der Waals surface area contributed by atoms with E-state index in [1.54, 1.807) is 18.2 Å². The number of aliphatic hydroxyl groups excluding tert-OH is 1. The standard InChI is InChI=1S/C10H12ClFOS/c1-10(12,6-13)7-3-4-9(14-2)8(11)5-7/h3-5,13H,6H2,1-2H3. The summed E-state index contributed by atoms with van der Waals surface area (Å²) in [7, 11) is 0. The average Bonchev–Trinajstić information content (AvgIpc) is 2.17. The van der Waals surface area contributed by atoms with Crippen LogP contribution in [0.1, 0.15) is 12.5 Å². The molecule has 0 aromatic heterocycles. The van der Waals surface area contributed by atoms with Gasteiger partial charge >= 0.3 is 0 Å². The second-order valence-electron chi connectivity index (χ2n) is 3.20. The minimum atomic E-state index is -1.72. The Labute approximate surface area is 92.3 Å². The molecule has 78 valence electrons. The molecule has 4 heteroatoms. The molecular formula is C10H12ClFOS. The summed E-state index contributed by atoms with van der Waals surface area (Å²) in [4.78, 5) is 0.907. The van der Waals surface area contributed by atoms with Gasteiger partial charge in [-0.05, 0) is 30.9 Å². The van der Waals surface area contributed by atoms with Crippen LogP contribution in [0.2, 0.25) is 5.02 Å². The molecule has 1 nitrogen and oxygen atoms in total. The van der Waals surface area contributed by atoms with Crippen LogP contribution >= 0.6 is 23.4 Å². The molecule has 0 saturated heterocycles. The molecule has 1 atom stereocenters. The molecule has 1 rings (SSSR count). The quantitative estimate of drug-likeness (QED) is 0.811. The van der Waals surface area contributed by atoms with E-state index < -0.39 is 12.3 Å². The van der Waals surface area contributed by atoms with Gasteiger partial charge in [0, 0.05) is 4.90 Å². The van der Waals surface area contributed by atoms with E-state index in [4.69, 9.17) is 16.7 Å². The highest BCUT2D eigenvalue weighted by molar-refractivity contribution is 7.98. The summed E-state index contributed by atoms with van der Waals surface area (Å²) >= 11 is 7.43. The SMILES string of the molecule is CSc1ccc(C(C)(F)CO)cc1Cl. The summed E-state index contributed by atoms with van der Waals surface area (Å²) in [6.07, 6.45) is 1.90. The van der Waals surface area contributed by atoms with E-state index in [0.717, 1.165) is 4.90 Å². The van der Waals surface area contributed by atoms with E-state index in [0.29, 0.717) is 10.6 Å². The topological polar surface area (TPSA) is 20.2 Å². The Balaban J connectivity index is 3.08. The van der Waals surface area contributed by atoms with Crippen molar-refractivity contribution in [3.63, 3.8) is 0 Å². The molecule has 0 fully saturated rings. The van der Waals surface area contributed by atoms with Gasteiger partial charge in [0.05, 0.1) is 11.6 Å². The lowest BCUT2D eigenvalue weighted by molar-refractivity contribution is 0.0867. The maximum absolute atomic E-state index is 13.7. The fourth-order valence-electron chi connectivity index (χ4n) is 1.08. The predicted molar refractivity (Wildman–Crippen MR) is 58.8 cm³/mol. The Morgan fingerprint density at radius 3 is 2.64 bits per heavy atom. The van der Waals surface area contributed by atoms with Crippen molar-refractivity contribution in [1.82, 2.24) is 0 Å². The highest BCUT2D eigenvalue weighted by atomic mass is 35.5. The van der Waals surface area contributed by atoms with Crippen LogP contribution in [-0.2, 0) is 5.67 Å². The van der Waals surface area contributed by atoms with Crippen molar-refractivity contribution in [3.05, 3.63) is 28.8 Å². The fourth-order valence-corrected chi connectivity index (χ4v) is 1.95. The number of halogens is 2. The molecule has 0 aliphatic heterocycles. The van der Waals surface area contributed by atoms with Gasteiger partial charge in [-0.1, -0.05) is 17.7 Å². The lowest BCUT2D eigenvalue weighted by Crippen LogP contribution is -2.20. The highest BCUT2D eigenvalue weighted by Gasteiger charge is 2.25. The zero-order chi connectivity index (χ0) is 10.8. The van der Waals surface area contributed by atoms with Crippen LogP contribution in [0.25, 0.3) is 0 Å². The Bertz CT molecular complexity index is 328. The third-order valence-electron chi connectivity index (χ3n) is 2.05. The maximum atomic E-state index is 13.7. The smallest absolute Gasteiger partial charge is 0.156 e.